The first-order valence-electron chi connectivity index (χ1n) is 11.7. The fraction of sp³-hybridized carbons (Fsp3) is 0.250. The van der Waals surface area contributed by atoms with Gasteiger partial charge in [0.2, 0.25) is 0 Å². The van der Waals surface area contributed by atoms with E-state index in [0.29, 0.717) is 30.9 Å². The third-order valence-electron chi connectivity index (χ3n) is 6.06. The summed E-state index contributed by atoms with van der Waals surface area (Å²) in [6, 6.07) is 24.1. The molecule has 1 aliphatic rings. The van der Waals surface area contributed by atoms with Gasteiger partial charge in [0.05, 0.1) is 6.54 Å². The third-order valence-corrected chi connectivity index (χ3v) is 6.06. The zero-order chi connectivity index (χ0) is 25.5. The molecule has 4 rings (SSSR count). The van der Waals surface area contributed by atoms with Gasteiger partial charge in [-0.3, -0.25) is 4.79 Å². The Balaban J connectivity index is 1.38. The molecule has 3 aromatic carbocycles. The Labute approximate surface area is 209 Å². The van der Waals surface area contributed by atoms with E-state index in [1.54, 1.807) is 24.3 Å². The molecular formula is C28H28N2O6. The molecular weight excluding hydrogens is 460 g/mol. The number of ether oxygens (including phenoxy) is 2. The number of nitrogens with one attached hydrogen (secondary N) is 1. The van der Waals surface area contributed by atoms with E-state index in [9.17, 15) is 19.5 Å². The Morgan fingerprint density at radius 3 is 2.25 bits per heavy atom. The van der Waals surface area contributed by atoms with Crippen LogP contribution in [-0.2, 0) is 29.2 Å². The zero-order valence-corrected chi connectivity index (χ0v) is 20.0. The first kappa shape index (κ1) is 24.8. The maximum absolute atomic E-state index is 13.2. The van der Waals surface area contributed by atoms with Crippen LogP contribution in [-0.4, -0.2) is 46.6 Å². The molecule has 0 aromatic heterocycles. The number of fused-ring (bicyclic) bond motifs is 1. The fourth-order valence-electron chi connectivity index (χ4n) is 4.02. The number of aliphatic carboxylic acids is 1. The second kappa shape index (κ2) is 10.9. The molecule has 8 heteroatoms. The predicted molar refractivity (Wildman–Crippen MR) is 133 cm³/mol. The molecule has 1 heterocycles. The molecule has 0 saturated carbocycles. The van der Waals surface area contributed by atoms with Gasteiger partial charge in [-0.25, -0.2) is 9.59 Å². The van der Waals surface area contributed by atoms with E-state index in [0.717, 1.165) is 16.7 Å². The average molecular weight is 489 g/mol. The van der Waals surface area contributed by atoms with Crippen LogP contribution in [0.1, 0.15) is 34.0 Å². The van der Waals surface area contributed by atoms with Crippen molar-refractivity contribution in [2.45, 2.75) is 32.1 Å². The summed E-state index contributed by atoms with van der Waals surface area (Å²) in [7, 11) is 0. The van der Waals surface area contributed by atoms with Crippen molar-refractivity contribution >= 4 is 18.0 Å². The van der Waals surface area contributed by atoms with Crippen molar-refractivity contribution < 1.29 is 29.0 Å². The van der Waals surface area contributed by atoms with Crippen LogP contribution in [0, 0.1) is 0 Å². The standard InChI is InChI=1S/C28H28N2O6/c1-28(26(32)33,29-27(34)36-18-21-10-6-3-7-11-21)19-30-15-14-22-16-23(12-13-24(22)25(30)31)35-17-20-8-4-2-5-9-20/h2-13,16H,14-15,17-19H2,1H3,(H,29,34)(H,32,33). The van der Waals surface area contributed by atoms with E-state index in [1.165, 1.54) is 11.8 Å². The van der Waals surface area contributed by atoms with Gasteiger partial charge in [-0.05, 0) is 48.2 Å². The molecule has 186 valence electrons. The lowest BCUT2D eigenvalue weighted by Gasteiger charge is -2.35. The zero-order valence-electron chi connectivity index (χ0n) is 20.0. The molecule has 2 N–H and O–H groups in total. The van der Waals surface area contributed by atoms with Crippen LogP contribution >= 0.6 is 0 Å². The molecule has 0 fully saturated rings. The van der Waals surface area contributed by atoms with E-state index < -0.39 is 17.6 Å². The summed E-state index contributed by atoms with van der Waals surface area (Å²) in [5, 5.41) is 12.3. The number of nitrogens with zero attached hydrogens (tertiary/aromatic N) is 1. The minimum atomic E-state index is -1.72. The predicted octanol–water partition coefficient (Wildman–Crippen LogP) is 4.03. The van der Waals surface area contributed by atoms with Crippen molar-refractivity contribution in [2.24, 2.45) is 0 Å². The van der Waals surface area contributed by atoms with Crippen LogP contribution in [0.2, 0.25) is 0 Å². The molecule has 1 unspecified atom stereocenters. The number of benzene rings is 3. The van der Waals surface area contributed by atoms with Crippen molar-refractivity contribution in [3.8, 4) is 5.75 Å². The fourth-order valence-corrected chi connectivity index (χ4v) is 4.02. The van der Waals surface area contributed by atoms with Crippen LogP contribution in [0.4, 0.5) is 4.79 Å². The number of carbonyl (C=O) groups is 3. The van der Waals surface area contributed by atoms with Gasteiger partial charge in [-0.2, -0.15) is 0 Å². The van der Waals surface area contributed by atoms with Crippen molar-refractivity contribution in [1.29, 1.82) is 0 Å². The Morgan fingerprint density at radius 1 is 0.972 bits per heavy atom. The van der Waals surface area contributed by atoms with Gasteiger partial charge >= 0.3 is 12.1 Å². The topological polar surface area (TPSA) is 105 Å². The van der Waals surface area contributed by atoms with E-state index in [1.807, 2.05) is 54.6 Å². The Morgan fingerprint density at radius 2 is 1.61 bits per heavy atom. The molecule has 0 bridgehead atoms. The normalized spacial score (nSPS) is 14.4. The van der Waals surface area contributed by atoms with E-state index >= 15 is 0 Å². The number of carboxylic acids is 1. The molecule has 1 aliphatic heterocycles. The van der Waals surface area contributed by atoms with E-state index in [4.69, 9.17) is 9.47 Å². The van der Waals surface area contributed by atoms with Crippen LogP contribution in [0.3, 0.4) is 0 Å². The summed E-state index contributed by atoms with van der Waals surface area (Å²) < 4.78 is 11.1. The minimum absolute atomic E-state index is 0.00701. The van der Waals surface area contributed by atoms with Gasteiger partial charge < -0.3 is 24.8 Å². The molecule has 0 saturated heterocycles. The summed E-state index contributed by atoms with van der Waals surface area (Å²) in [5.41, 5.74) is 1.43. The summed E-state index contributed by atoms with van der Waals surface area (Å²) >= 11 is 0. The Kier molecular flexibility index (Phi) is 7.53. The van der Waals surface area contributed by atoms with Crippen molar-refractivity contribution in [3.63, 3.8) is 0 Å². The number of rotatable bonds is 9. The van der Waals surface area contributed by atoms with Gasteiger partial charge in [-0.1, -0.05) is 60.7 Å². The summed E-state index contributed by atoms with van der Waals surface area (Å²) in [6.07, 6.45) is -0.327. The maximum Gasteiger partial charge on any atom is 0.408 e. The van der Waals surface area contributed by atoms with Crippen molar-refractivity contribution in [3.05, 3.63) is 101 Å². The number of hydrogen-bond acceptors (Lipinski definition) is 5. The summed E-state index contributed by atoms with van der Waals surface area (Å²) in [4.78, 5) is 39.0. The maximum atomic E-state index is 13.2. The highest BCUT2D eigenvalue weighted by molar-refractivity contribution is 5.97. The lowest BCUT2D eigenvalue weighted by Crippen LogP contribution is -2.60. The van der Waals surface area contributed by atoms with Gasteiger partial charge in [-0.15, -0.1) is 0 Å². The molecule has 8 nitrogen and oxygen atoms in total. The van der Waals surface area contributed by atoms with Crippen LogP contribution in [0.15, 0.2) is 78.9 Å². The highest BCUT2D eigenvalue weighted by atomic mass is 16.5. The SMILES string of the molecule is CC(CN1CCc2cc(OCc3ccccc3)ccc2C1=O)(NC(=O)OCc1ccccc1)C(=O)O. The monoisotopic (exact) mass is 488 g/mol. The van der Waals surface area contributed by atoms with Crippen LogP contribution in [0.5, 0.6) is 5.75 Å². The second-order valence-corrected chi connectivity index (χ2v) is 8.89. The third kappa shape index (κ3) is 6.02. The first-order valence-corrected chi connectivity index (χ1v) is 11.7. The van der Waals surface area contributed by atoms with Crippen LogP contribution < -0.4 is 10.1 Å². The quantitative estimate of drug-likeness (QED) is 0.471. The lowest BCUT2D eigenvalue weighted by molar-refractivity contribution is -0.144. The van der Waals surface area contributed by atoms with E-state index in [2.05, 4.69) is 5.32 Å². The Hall–Kier alpha value is -4.33. The summed E-state index contributed by atoms with van der Waals surface area (Å²) in [6.45, 7) is 1.91. The highest BCUT2D eigenvalue weighted by Crippen LogP contribution is 2.26. The lowest BCUT2D eigenvalue weighted by atomic mass is 9.95. The second-order valence-electron chi connectivity index (χ2n) is 8.89. The first-order chi connectivity index (χ1) is 17.3. The highest BCUT2D eigenvalue weighted by Gasteiger charge is 2.40. The average Bonchev–Trinajstić information content (AvgIpc) is 2.89. The van der Waals surface area contributed by atoms with E-state index in [-0.39, 0.29) is 19.1 Å². The molecule has 0 spiro atoms. The number of carboxylic acid groups (broad SMARTS) is 1. The largest absolute Gasteiger partial charge is 0.489 e. The smallest absolute Gasteiger partial charge is 0.408 e. The number of hydrogen-bond donors (Lipinski definition) is 2. The van der Waals surface area contributed by atoms with Gasteiger partial charge in [0.1, 0.15) is 19.0 Å². The Bertz CT molecular complexity index is 1230. The molecule has 36 heavy (non-hydrogen) atoms. The molecule has 2 amide bonds. The summed E-state index contributed by atoms with van der Waals surface area (Å²) in [5.74, 6) is -0.891. The number of carbonyl (C=O) groups excluding carboxylic acids is 2. The van der Waals surface area contributed by atoms with Gasteiger partial charge in [0, 0.05) is 12.1 Å². The van der Waals surface area contributed by atoms with Crippen molar-refractivity contribution in [2.75, 3.05) is 13.1 Å². The molecule has 1 atom stereocenters. The molecule has 3 aromatic rings. The van der Waals surface area contributed by atoms with Crippen molar-refractivity contribution in [1.82, 2.24) is 10.2 Å². The molecule has 0 aliphatic carbocycles. The number of amides is 2. The van der Waals surface area contributed by atoms with Gasteiger partial charge in [0.15, 0.2) is 5.54 Å². The minimum Gasteiger partial charge on any atom is -0.489 e. The number of alkyl carbamates (subject to hydrolysis) is 1. The van der Waals surface area contributed by atoms with Gasteiger partial charge in [0.25, 0.3) is 5.91 Å². The molecule has 0 radical (unpaired) electrons. The van der Waals surface area contributed by atoms with Crippen LogP contribution in [0.25, 0.3) is 0 Å².